The lowest BCUT2D eigenvalue weighted by Crippen LogP contribution is -2.24. The molecule has 1 aliphatic rings. The standard InChI is InChI=1S/C16H13Cl2F5N4O2S/c1-26(2)14-12(16(3-4-16)15(28)29)11(7-24)25-27(14)13-9(17)5-8(6-10(13)18)30(19,20,21,22)23/h5-6H,3-4H2,1-2H3,(H,28,29). The fourth-order valence-electron chi connectivity index (χ4n) is 3.16. The Bertz CT molecular complexity index is 1120. The minimum Gasteiger partial charge on any atom is -0.481 e. The van der Waals surface area contributed by atoms with Crippen LogP contribution in [0.2, 0.25) is 10.0 Å². The van der Waals surface area contributed by atoms with E-state index in [1.54, 1.807) is 6.07 Å². The molecule has 2 aromatic rings. The van der Waals surface area contributed by atoms with Crippen molar-refractivity contribution >= 4 is 45.2 Å². The molecule has 14 heteroatoms. The van der Waals surface area contributed by atoms with Crippen molar-refractivity contribution in [3.05, 3.63) is 33.4 Å². The summed E-state index contributed by atoms with van der Waals surface area (Å²) in [5, 5.41) is 21.5. The van der Waals surface area contributed by atoms with Gasteiger partial charge in [0.25, 0.3) is 0 Å². The fraction of sp³-hybridized carbons (Fsp3) is 0.312. The number of halogens is 7. The summed E-state index contributed by atoms with van der Waals surface area (Å²) >= 11 is 11.8. The largest absolute Gasteiger partial charge is 0.481 e. The highest BCUT2D eigenvalue weighted by Gasteiger charge is 2.65. The van der Waals surface area contributed by atoms with Crippen LogP contribution in [-0.4, -0.2) is 35.0 Å². The maximum absolute atomic E-state index is 13.2. The second-order valence-electron chi connectivity index (χ2n) is 7.06. The summed E-state index contributed by atoms with van der Waals surface area (Å²) in [6.07, 6.45) is 0.433. The van der Waals surface area contributed by atoms with Gasteiger partial charge in [0.1, 0.15) is 22.5 Å². The van der Waals surface area contributed by atoms with Gasteiger partial charge in [-0.15, -0.1) is 0 Å². The lowest BCUT2D eigenvalue weighted by Gasteiger charge is -2.40. The zero-order valence-electron chi connectivity index (χ0n) is 15.3. The van der Waals surface area contributed by atoms with Gasteiger partial charge in [0, 0.05) is 14.1 Å². The topological polar surface area (TPSA) is 82.2 Å². The number of benzene rings is 1. The van der Waals surface area contributed by atoms with E-state index < -0.39 is 42.2 Å². The number of nitriles is 1. The molecule has 1 aliphatic carbocycles. The van der Waals surface area contributed by atoms with Gasteiger partial charge in [0.2, 0.25) is 0 Å². The number of nitrogens with zero attached hydrogens (tertiary/aromatic N) is 4. The van der Waals surface area contributed by atoms with E-state index in [4.69, 9.17) is 23.2 Å². The minimum absolute atomic E-state index is 0.0290. The van der Waals surface area contributed by atoms with Crippen LogP contribution in [0.4, 0.5) is 25.2 Å². The molecule has 0 atom stereocenters. The van der Waals surface area contributed by atoms with Gasteiger partial charge in [0.15, 0.2) is 5.69 Å². The third-order valence-electron chi connectivity index (χ3n) is 4.68. The number of carboxylic acid groups (broad SMARTS) is 1. The molecule has 1 aromatic carbocycles. The number of rotatable bonds is 5. The van der Waals surface area contributed by atoms with E-state index in [1.165, 1.54) is 19.0 Å². The van der Waals surface area contributed by atoms with Gasteiger partial charge < -0.3 is 10.0 Å². The number of hydrogen-bond donors (Lipinski definition) is 1. The SMILES string of the molecule is CN(C)c1c(C2(C(=O)O)CC2)c(C#N)nn1-c1c(Cl)cc(S(F)(F)(F)(F)F)cc1Cl. The molecule has 1 saturated carbocycles. The lowest BCUT2D eigenvalue weighted by atomic mass is 9.95. The third-order valence-corrected chi connectivity index (χ3v) is 6.38. The summed E-state index contributed by atoms with van der Waals surface area (Å²) in [6.45, 7) is 0. The molecule has 0 aliphatic heterocycles. The molecular weight excluding hydrogens is 478 g/mol. The molecule has 0 spiro atoms. The van der Waals surface area contributed by atoms with E-state index in [0.717, 1.165) is 4.68 Å². The van der Waals surface area contributed by atoms with Crippen molar-refractivity contribution in [2.75, 3.05) is 19.0 Å². The second-order valence-corrected chi connectivity index (χ2v) is 10.3. The molecule has 0 bridgehead atoms. The Morgan fingerprint density at radius 1 is 1.23 bits per heavy atom. The number of aromatic nitrogens is 2. The summed E-state index contributed by atoms with van der Waals surface area (Å²) in [5.41, 5.74) is -2.03. The molecule has 0 radical (unpaired) electrons. The maximum Gasteiger partial charge on any atom is 0.314 e. The normalized spacial score (nSPS) is 17.6. The van der Waals surface area contributed by atoms with Crippen molar-refractivity contribution in [1.82, 2.24) is 9.78 Å². The Morgan fingerprint density at radius 2 is 1.73 bits per heavy atom. The number of anilines is 1. The summed E-state index contributed by atoms with van der Waals surface area (Å²) < 4.78 is 66.7. The molecule has 6 nitrogen and oxygen atoms in total. The van der Waals surface area contributed by atoms with Crippen molar-refractivity contribution in [2.24, 2.45) is 0 Å². The highest BCUT2D eigenvalue weighted by Crippen LogP contribution is 3.02. The van der Waals surface area contributed by atoms with E-state index in [-0.39, 0.29) is 42.0 Å². The van der Waals surface area contributed by atoms with Crippen LogP contribution in [0.3, 0.4) is 0 Å². The summed E-state index contributed by atoms with van der Waals surface area (Å²) in [6, 6.07) is 1.82. The first kappa shape index (κ1) is 22.5. The van der Waals surface area contributed by atoms with Gasteiger partial charge in [-0.25, -0.2) is 4.68 Å². The highest BCUT2D eigenvalue weighted by molar-refractivity contribution is 8.45. The Balaban J connectivity index is 2.35. The van der Waals surface area contributed by atoms with E-state index in [9.17, 15) is 34.6 Å². The van der Waals surface area contributed by atoms with Crippen molar-refractivity contribution in [1.29, 1.82) is 5.26 Å². The Hall–Kier alpha value is -2.23. The molecule has 30 heavy (non-hydrogen) atoms. The monoisotopic (exact) mass is 490 g/mol. The zero-order chi connectivity index (χ0) is 22.9. The predicted molar refractivity (Wildman–Crippen MR) is 103 cm³/mol. The first-order valence-electron chi connectivity index (χ1n) is 8.11. The van der Waals surface area contributed by atoms with Crippen LogP contribution in [0.1, 0.15) is 24.1 Å². The second kappa shape index (κ2) is 5.93. The minimum atomic E-state index is -10.1. The molecule has 1 fully saturated rings. The van der Waals surface area contributed by atoms with Crippen LogP contribution in [0.25, 0.3) is 5.69 Å². The molecule has 1 N–H and O–H groups in total. The van der Waals surface area contributed by atoms with E-state index in [1.807, 2.05) is 0 Å². The first-order valence-corrected chi connectivity index (χ1v) is 10.8. The third kappa shape index (κ3) is 3.55. The molecular formula is C16H13Cl2F5N4O2S. The van der Waals surface area contributed by atoms with Crippen molar-refractivity contribution in [2.45, 2.75) is 23.2 Å². The molecule has 1 heterocycles. The molecule has 0 amide bonds. The lowest BCUT2D eigenvalue weighted by molar-refractivity contribution is -0.140. The van der Waals surface area contributed by atoms with Gasteiger partial charge in [-0.1, -0.05) is 42.6 Å². The quantitative estimate of drug-likeness (QED) is 0.528. The van der Waals surface area contributed by atoms with Gasteiger partial charge >= 0.3 is 16.2 Å². The van der Waals surface area contributed by atoms with Gasteiger partial charge in [-0.3, -0.25) is 4.79 Å². The van der Waals surface area contributed by atoms with Crippen molar-refractivity contribution < 1.29 is 29.3 Å². The van der Waals surface area contributed by atoms with Crippen LogP contribution >= 0.6 is 33.4 Å². The number of carboxylic acids is 1. The average molecular weight is 491 g/mol. The number of hydrogen-bond acceptors (Lipinski definition) is 4. The Kier molecular flexibility index (Phi) is 4.44. The summed E-state index contributed by atoms with van der Waals surface area (Å²) in [7, 11) is -7.09. The fourth-order valence-corrected chi connectivity index (χ4v) is 4.62. The molecule has 1 aromatic heterocycles. The van der Waals surface area contributed by atoms with Gasteiger partial charge in [-0.05, 0) is 25.0 Å². The maximum atomic E-state index is 13.2. The molecule has 3 rings (SSSR count). The van der Waals surface area contributed by atoms with Crippen molar-refractivity contribution in [3.8, 4) is 11.8 Å². The summed E-state index contributed by atoms with van der Waals surface area (Å²) in [4.78, 5) is 10.9. The first-order chi connectivity index (χ1) is 13.4. The Morgan fingerprint density at radius 3 is 2.07 bits per heavy atom. The Labute approximate surface area is 177 Å². The van der Waals surface area contributed by atoms with Gasteiger partial charge in [-0.2, -0.15) is 10.4 Å². The number of aliphatic carboxylic acids is 1. The van der Waals surface area contributed by atoms with Gasteiger partial charge in [0.05, 0.1) is 21.0 Å². The van der Waals surface area contributed by atoms with Crippen LogP contribution in [0, 0.1) is 11.3 Å². The predicted octanol–water partition coefficient (Wildman–Crippen LogP) is 5.89. The zero-order valence-corrected chi connectivity index (χ0v) is 17.6. The van der Waals surface area contributed by atoms with E-state index in [2.05, 4.69) is 5.10 Å². The smallest absolute Gasteiger partial charge is 0.314 e. The molecule has 0 unspecified atom stereocenters. The average Bonchev–Trinajstić information content (AvgIpc) is 3.27. The molecule has 164 valence electrons. The van der Waals surface area contributed by atoms with E-state index in [0.29, 0.717) is 0 Å². The van der Waals surface area contributed by atoms with Crippen molar-refractivity contribution in [3.63, 3.8) is 0 Å². The van der Waals surface area contributed by atoms with Crippen LogP contribution in [-0.2, 0) is 10.2 Å². The van der Waals surface area contributed by atoms with Crippen LogP contribution < -0.4 is 4.90 Å². The van der Waals surface area contributed by atoms with E-state index >= 15 is 0 Å². The highest BCUT2D eigenvalue weighted by atomic mass is 35.5. The number of carbonyl (C=O) groups is 1. The van der Waals surface area contributed by atoms with Crippen LogP contribution in [0.5, 0.6) is 0 Å². The molecule has 0 saturated heterocycles. The summed E-state index contributed by atoms with van der Waals surface area (Å²) in [5.74, 6) is -1.16. The van der Waals surface area contributed by atoms with Crippen LogP contribution in [0.15, 0.2) is 17.0 Å².